The Kier molecular flexibility index (Phi) is 5.50. The molecule has 0 aliphatic carbocycles. The van der Waals surface area contributed by atoms with E-state index >= 15 is 0 Å². The van der Waals surface area contributed by atoms with Crippen LogP contribution in [-0.2, 0) is 6.18 Å². The quantitative estimate of drug-likeness (QED) is 0.447. The number of para-hydroxylation sites is 1. The predicted molar refractivity (Wildman–Crippen MR) is 104 cm³/mol. The van der Waals surface area contributed by atoms with Crippen molar-refractivity contribution in [1.82, 2.24) is 15.1 Å². The highest BCUT2D eigenvalue weighted by atomic mass is 19.4. The summed E-state index contributed by atoms with van der Waals surface area (Å²) in [4.78, 5) is 36.7. The smallest absolute Gasteiger partial charge is 0.399 e. The zero-order chi connectivity index (χ0) is 22.1. The van der Waals surface area contributed by atoms with Crippen LogP contribution in [0.15, 0.2) is 64.2 Å². The standard InChI is InChI=1S/C20H17F3N4O3/c1-11(12-7-13(20(21,22)23)9-14(24)8-12)25-18(29)16-10-17(28)19(30)27(26-16)15-5-3-2-4-6-15/h2-11,26H,24H2,1H3,(H,25,29)/t11-/m1/s1. The number of hydrogen-bond donors (Lipinski definition) is 3. The van der Waals surface area contributed by atoms with E-state index in [1.807, 2.05) is 0 Å². The molecule has 3 rings (SSSR count). The summed E-state index contributed by atoms with van der Waals surface area (Å²) in [6.45, 7) is 1.47. The van der Waals surface area contributed by atoms with Crippen molar-refractivity contribution < 1.29 is 18.0 Å². The van der Waals surface area contributed by atoms with Crippen molar-refractivity contribution in [2.75, 3.05) is 5.73 Å². The lowest BCUT2D eigenvalue weighted by Gasteiger charge is -2.17. The lowest BCUT2D eigenvalue weighted by molar-refractivity contribution is -0.137. The number of hydrogen-bond acceptors (Lipinski definition) is 4. The molecule has 0 radical (unpaired) electrons. The van der Waals surface area contributed by atoms with Gasteiger partial charge in [0.25, 0.3) is 5.91 Å². The molecule has 0 fully saturated rings. The Labute approximate surface area is 167 Å². The van der Waals surface area contributed by atoms with Crippen LogP contribution in [0.2, 0.25) is 0 Å². The van der Waals surface area contributed by atoms with Crippen molar-refractivity contribution in [3.63, 3.8) is 0 Å². The number of aromatic amines is 1. The summed E-state index contributed by atoms with van der Waals surface area (Å²) in [5, 5.41) is 5.06. The fourth-order valence-corrected chi connectivity index (χ4v) is 2.83. The van der Waals surface area contributed by atoms with Gasteiger partial charge in [-0.15, -0.1) is 0 Å². The monoisotopic (exact) mass is 418 g/mol. The second-order valence-electron chi connectivity index (χ2n) is 6.59. The zero-order valence-electron chi connectivity index (χ0n) is 15.7. The Hall–Kier alpha value is -3.82. The number of aromatic nitrogens is 2. The van der Waals surface area contributed by atoms with Gasteiger partial charge in [0.15, 0.2) is 0 Å². The molecule has 7 nitrogen and oxygen atoms in total. The summed E-state index contributed by atoms with van der Waals surface area (Å²) in [6.07, 6.45) is -4.59. The number of nitrogens with two attached hydrogens (primary N) is 1. The van der Waals surface area contributed by atoms with Crippen molar-refractivity contribution in [3.05, 3.63) is 92.0 Å². The van der Waals surface area contributed by atoms with Gasteiger partial charge in [-0.2, -0.15) is 13.2 Å². The van der Waals surface area contributed by atoms with Crippen molar-refractivity contribution in [1.29, 1.82) is 0 Å². The molecular formula is C20H17F3N4O3. The third kappa shape index (κ3) is 4.43. The summed E-state index contributed by atoms with van der Waals surface area (Å²) in [7, 11) is 0. The molecular weight excluding hydrogens is 401 g/mol. The van der Waals surface area contributed by atoms with Crippen LogP contribution in [-0.4, -0.2) is 15.7 Å². The summed E-state index contributed by atoms with van der Waals surface area (Å²) in [5.74, 6) is -0.778. The van der Waals surface area contributed by atoms with Crippen molar-refractivity contribution >= 4 is 11.6 Å². The van der Waals surface area contributed by atoms with E-state index < -0.39 is 34.7 Å². The number of nitrogens with one attached hydrogen (secondary N) is 2. The van der Waals surface area contributed by atoms with Crippen LogP contribution in [0, 0.1) is 0 Å². The van der Waals surface area contributed by atoms with Gasteiger partial charge in [-0.3, -0.25) is 19.5 Å². The van der Waals surface area contributed by atoms with Gasteiger partial charge >= 0.3 is 11.7 Å². The molecule has 0 aliphatic heterocycles. The Balaban J connectivity index is 1.92. The molecule has 0 saturated heterocycles. The number of amides is 1. The SMILES string of the molecule is C[C@@H](NC(=O)c1cc(=O)c(=O)n(-c2ccccc2)[nH]1)c1cc(N)cc(C(F)(F)F)c1. The van der Waals surface area contributed by atoms with E-state index in [0.29, 0.717) is 5.69 Å². The molecule has 3 aromatic rings. The van der Waals surface area contributed by atoms with E-state index in [1.165, 1.54) is 13.0 Å². The van der Waals surface area contributed by atoms with Gasteiger partial charge < -0.3 is 11.1 Å². The number of carbonyl (C=O) groups is 1. The van der Waals surface area contributed by atoms with Crippen molar-refractivity contribution in [2.45, 2.75) is 19.1 Å². The fourth-order valence-electron chi connectivity index (χ4n) is 2.83. The molecule has 1 heterocycles. The van der Waals surface area contributed by atoms with Crippen LogP contribution in [0.3, 0.4) is 0 Å². The highest BCUT2D eigenvalue weighted by Crippen LogP contribution is 2.32. The highest BCUT2D eigenvalue weighted by Gasteiger charge is 2.31. The third-order valence-electron chi connectivity index (χ3n) is 4.33. The van der Waals surface area contributed by atoms with Gasteiger partial charge in [-0.05, 0) is 42.8 Å². The van der Waals surface area contributed by atoms with Crippen LogP contribution in [0.25, 0.3) is 5.69 Å². The van der Waals surface area contributed by atoms with Crippen LogP contribution in [0.4, 0.5) is 18.9 Å². The van der Waals surface area contributed by atoms with Crippen LogP contribution in [0.5, 0.6) is 0 Å². The maximum absolute atomic E-state index is 13.0. The van der Waals surface area contributed by atoms with Crippen molar-refractivity contribution in [3.8, 4) is 5.69 Å². The minimum absolute atomic E-state index is 0.105. The molecule has 0 unspecified atom stereocenters. The first-order valence-electron chi connectivity index (χ1n) is 8.76. The van der Waals surface area contributed by atoms with E-state index in [0.717, 1.165) is 22.9 Å². The number of anilines is 1. The Morgan fingerprint density at radius 2 is 1.77 bits per heavy atom. The summed E-state index contributed by atoms with van der Waals surface area (Å²) in [6, 6.07) is 11.1. The number of carbonyl (C=O) groups excluding carboxylic acids is 1. The van der Waals surface area contributed by atoms with E-state index in [2.05, 4.69) is 10.4 Å². The van der Waals surface area contributed by atoms with Crippen LogP contribution >= 0.6 is 0 Å². The molecule has 0 aliphatic rings. The highest BCUT2D eigenvalue weighted by molar-refractivity contribution is 5.92. The minimum atomic E-state index is -4.59. The Morgan fingerprint density at radius 1 is 1.10 bits per heavy atom. The maximum atomic E-state index is 13.0. The number of rotatable bonds is 4. The number of H-pyrrole nitrogens is 1. The Bertz CT molecular complexity index is 1200. The number of nitrogens with zero attached hydrogens (tertiary/aromatic N) is 1. The second kappa shape index (κ2) is 7.90. The first kappa shape index (κ1) is 20.9. The van der Waals surface area contributed by atoms with Crippen LogP contribution in [0.1, 0.15) is 34.6 Å². The molecule has 0 bridgehead atoms. The number of nitrogen functional groups attached to an aromatic ring is 1. The molecule has 4 N–H and O–H groups in total. The molecule has 1 atom stereocenters. The Morgan fingerprint density at radius 3 is 2.40 bits per heavy atom. The number of benzene rings is 2. The molecule has 1 amide bonds. The van der Waals surface area contributed by atoms with Gasteiger partial charge in [-0.1, -0.05) is 18.2 Å². The van der Waals surface area contributed by atoms with E-state index in [1.54, 1.807) is 30.3 Å². The van der Waals surface area contributed by atoms with Gasteiger partial charge in [0.05, 0.1) is 17.3 Å². The molecule has 0 spiro atoms. The van der Waals surface area contributed by atoms with E-state index in [9.17, 15) is 27.6 Å². The first-order valence-corrected chi connectivity index (χ1v) is 8.76. The molecule has 1 aromatic heterocycles. The summed E-state index contributed by atoms with van der Waals surface area (Å²) >= 11 is 0. The van der Waals surface area contributed by atoms with Crippen molar-refractivity contribution in [2.24, 2.45) is 0 Å². The number of halogens is 3. The lowest BCUT2D eigenvalue weighted by Crippen LogP contribution is -2.38. The molecule has 30 heavy (non-hydrogen) atoms. The van der Waals surface area contributed by atoms with Gasteiger partial charge in [0, 0.05) is 11.8 Å². The maximum Gasteiger partial charge on any atom is 0.416 e. The molecule has 0 saturated carbocycles. The normalized spacial score (nSPS) is 12.4. The molecule has 2 aromatic carbocycles. The van der Waals surface area contributed by atoms with Gasteiger partial charge in [0.1, 0.15) is 5.69 Å². The predicted octanol–water partition coefficient (Wildman–Crippen LogP) is 2.62. The van der Waals surface area contributed by atoms with Crippen LogP contribution < -0.4 is 22.0 Å². The number of alkyl halides is 3. The van der Waals surface area contributed by atoms with Gasteiger partial charge in [-0.25, -0.2) is 4.68 Å². The average molecular weight is 418 g/mol. The van der Waals surface area contributed by atoms with E-state index in [4.69, 9.17) is 5.73 Å². The molecule has 10 heteroatoms. The molecule has 156 valence electrons. The minimum Gasteiger partial charge on any atom is -0.399 e. The van der Waals surface area contributed by atoms with E-state index in [-0.39, 0.29) is 16.9 Å². The zero-order valence-corrected chi connectivity index (χ0v) is 15.7. The largest absolute Gasteiger partial charge is 0.416 e. The fraction of sp³-hybridized carbons (Fsp3) is 0.150. The topological polar surface area (TPSA) is 110 Å². The average Bonchev–Trinajstić information content (AvgIpc) is 2.69. The lowest BCUT2D eigenvalue weighted by atomic mass is 10.0. The summed E-state index contributed by atoms with van der Waals surface area (Å²) < 4.78 is 40.0. The summed E-state index contributed by atoms with van der Waals surface area (Å²) in [5.41, 5.74) is 2.97. The second-order valence-corrected chi connectivity index (χ2v) is 6.59. The van der Waals surface area contributed by atoms with Gasteiger partial charge in [0.2, 0.25) is 5.43 Å². The third-order valence-corrected chi connectivity index (χ3v) is 4.33. The first-order chi connectivity index (χ1) is 14.1.